The maximum atomic E-state index is 2.13. The molecule has 39 valence electrons. The van der Waals surface area contributed by atoms with Crippen LogP contribution in [0.2, 0.25) is 0 Å². The van der Waals surface area contributed by atoms with Gasteiger partial charge in [-0.05, 0) is 19.3 Å². The van der Waals surface area contributed by atoms with E-state index in [1.54, 1.807) is 5.25 Å². The van der Waals surface area contributed by atoms with Gasteiger partial charge in [-0.2, -0.15) is 11.8 Å². The molecule has 0 spiro atoms. The quantitative estimate of drug-likeness (QED) is 0.464. The summed E-state index contributed by atoms with van der Waals surface area (Å²) in [5, 5.41) is 2.83. The predicted octanol–water partition coefficient (Wildman–Crippen LogP) is 2.21. The molecule has 0 aromatic carbocycles. The van der Waals surface area contributed by atoms with E-state index in [0.717, 1.165) is 5.25 Å². The lowest BCUT2D eigenvalue weighted by molar-refractivity contribution is 0.557. The first-order valence-electron chi connectivity index (χ1n) is 2.96. The van der Waals surface area contributed by atoms with Crippen molar-refractivity contribution in [1.29, 1.82) is 0 Å². The topological polar surface area (TPSA) is 0 Å². The van der Waals surface area contributed by atoms with Gasteiger partial charge in [0, 0.05) is 10.5 Å². The molecule has 1 atom stereocenters. The molecule has 0 nitrogen and oxygen atoms in total. The van der Waals surface area contributed by atoms with Gasteiger partial charge in [-0.1, -0.05) is 6.42 Å². The van der Waals surface area contributed by atoms with Crippen molar-refractivity contribution in [2.45, 2.75) is 30.9 Å². The average Bonchev–Trinajstić information content (AvgIpc) is 1.67. The minimum absolute atomic E-state index is 1.06. The predicted molar refractivity (Wildman–Crippen MR) is 33.1 cm³/mol. The summed E-state index contributed by atoms with van der Waals surface area (Å²) in [6.07, 6.45) is 5.87. The van der Waals surface area contributed by atoms with E-state index in [2.05, 4.69) is 11.8 Å². The lowest BCUT2D eigenvalue weighted by Gasteiger charge is -2.39. The highest BCUT2D eigenvalue weighted by molar-refractivity contribution is 8.04. The Labute approximate surface area is 48.7 Å². The summed E-state index contributed by atoms with van der Waals surface area (Å²) in [5.74, 6) is 0. The summed E-state index contributed by atoms with van der Waals surface area (Å²) in [7, 11) is 0. The largest absolute Gasteiger partial charge is 0.150 e. The average molecular weight is 113 g/mol. The molecule has 1 radical (unpaired) electrons. The van der Waals surface area contributed by atoms with Crippen molar-refractivity contribution in [3.05, 3.63) is 5.25 Å². The molecule has 3 fully saturated rings. The van der Waals surface area contributed by atoms with Gasteiger partial charge in [0.2, 0.25) is 0 Å². The second-order valence-electron chi connectivity index (χ2n) is 2.37. The van der Waals surface area contributed by atoms with Gasteiger partial charge in [0.1, 0.15) is 0 Å². The molecule has 1 aliphatic carbocycles. The van der Waals surface area contributed by atoms with Crippen molar-refractivity contribution in [1.82, 2.24) is 0 Å². The van der Waals surface area contributed by atoms with Crippen molar-refractivity contribution in [2.24, 2.45) is 0 Å². The van der Waals surface area contributed by atoms with Gasteiger partial charge < -0.3 is 0 Å². The first kappa shape index (κ1) is 4.25. The van der Waals surface area contributed by atoms with E-state index in [4.69, 9.17) is 0 Å². The highest BCUT2D eigenvalue weighted by atomic mass is 32.2. The molecule has 7 heavy (non-hydrogen) atoms. The maximum absolute atomic E-state index is 2.13. The molecular formula is C6H9S. The van der Waals surface area contributed by atoms with Crippen LogP contribution in [0.1, 0.15) is 25.7 Å². The van der Waals surface area contributed by atoms with E-state index in [0.29, 0.717) is 0 Å². The molecule has 3 aliphatic rings. The Bertz CT molecular complexity index is 60.7. The maximum Gasteiger partial charge on any atom is 0.0320 e. The molecule has 0 N–H and O–H groups in total. The number of hydrogen-bond donors (Lipinski definition) is 0. The molecule has 2 bridgehead atoms. The van der Waals surface area contributed by atoms with E-state index < -0.39 is 0 Å². The minimum atomic E-state index is 1.06. The number of rotatable bonds is 0. The Kier molecular flexibility index (Phi) is 0.857. The zero-order valence-electron chi connectivity index (χ0n) is 4.31. The fraction of sp³-hybridized carbons (Fsp3) is 0.833. The minimum Gasteiger partial charge on any atom is -0.150 e. The van der Waals surface area contributed by atoms with Gasteiger partial charge in [0.05, 0.1) is 0 Å². The smallest absolute Gasteiger partial charge is 0.0320 e. The molecule has 0 aromatic heterocycles. The summed E-state index contributed by atoms with van der Waals surface area (Å²) in [6.45, 7) is 0. The van der Waals surface area contributed by atoms with E-state index in [-0.39, 0.29) is 0 Å². The van der Waals surface area contributed by atoms with Crippen LogP contribution in [0, 0.1) is 5.25 Å². The third kappa shape index (κ3) is 0.584. The standard InChI is InChI=1S/C6H9S/c1-2-5-4-6(3-1)7-5/h5H,1-4H2. The molecule has 2 heterocycles. The van der Waals surface area contributed by atoms with Crippen molar-refractivity contribution in [2.75, 3.05) is 0 Å². The van der Waals surface area contributed by atoms with Crippen molar-refractivity contribution < 1.29 is 0 Å². The summed E-state index contributed by atoms with van der Waals surface area (Å²) >= 11 is 2.13. The van der Waals surface area contributed by atoms with Crippen LogP contribution in [0.25, 0.3) is 0 Å². The fourth-order valence-electron chi connectivity index (χ4n) is 1.33. The zero-order chi connectivity index (χ0) is 4.69. The van der Waals surface area contributed by atoms with E-state index in [1.807, 2.05) is 0 Å². The van der Waals surface area contributed by atoms with Gasteiger partial charge in [0.15, 0.2) is 0 Å². The van der Waals surface area contributed by atoms with E-state index in [9.17, 15) is 0 Å². The normalized spacial score (nSPS) is 40.3. The Morgan fingerprint density at radius 1 is 1.57 bits per heavy atom. The van der Waals surface area contributed by atoms with Crippen molar-refractivity contribution >= 4 is 11.8 Å². The van der Waals surface area contributed by atoms with Gasteiger partial charge >= 0.3 is 0 Å². The van der Waals surface area contributed by atoms with Crippen LogP contribution in [0.4, 0.5) is 0 Å². The molecule has 1 saturated carbocycles. The molecule has 3 rings (SSSR count). The highest BCUT2D eigenvalue weighted by Gasteiger charge is 2.33. The van der Waals surface area contributed by atoms with Crippen LogP contribution in [0.15, 0.2) is 0 Å². The number of fused-ring (bicyclic) bond motifs is 2. The van der Waals surface area contributed by atoms with Crippen LogP contribution in [0.3, 0.4) is 0 Å². The zero-order valence-corrected chi connectivity index (χ0v) is 5.13. The van der Waals surface area contributed by atoms with Crippen LogP contribution >= 0.6 is 11.8 Å². The van der Waals surface area contributed by atoms with Gasteiger partial charge in [-0.15, -0.1) is 0 Å². The molecule has 1 heteroatoms. The Hall–Kier alpha value is 0.350. The summed E-state index contributed by atoms with van der Waals surface area (Å²) < 4.78 is 0. The Balaban J connectivity index is 1.99. The highest BCUT2D eigenvalue weighted by Crippen LogP contribution is 2.52. The lowest BCUT2D eigenvalue weighted by Crippen LogP contribution is -2.24. The van der Waals surface area contributed by atoms with Gasteiger partial charge in [0.25, 0.3) is 0 Å². The Morgan fingerprint density at radius 2 is 2.43 bits per heavy atom. The second-order valence-corrected chi connectivity index (χ2v) is 3.85. The Morgan fingerprint density at radius 3 is 2.57 bits per heavy atom. The van der Waals surface area contributed by atoms with E-state index >= 15 is 0 Å². The van der Waals surface area contributed by atoms with Gasteiger partial charge in [-0.25, -0.2) is 0 Å². The molecule has 0 amide bonds. The summed E-state index contributed by atoms with van der Waals surface area (Å²) in [4.78, 5) is 0. The molecule has 0 aromatic rings. The molecule has 1 unspecified atom stereocenters. The summed E-state index contributed by atoms with van der Waals surface area (Å²) in [6, 6.07) is 0. The molecule has 2 aliphatic heterocycles. The fourth-order valence-corrected chi connectivity index (χ4v) is 2.63. The summed E-state index contributed by atoms with van der Waals surface area (Å²) in [5.41, 5.74) is 0. The SMILES string of the molecule is C1C[C]2CC(C1)S2. The second kappa shape index (κ2) is 1.41. The van der Waals surface area contributed by atoms with Crippen LogP contribution in [-0.2, 0) is 0 Å². The molecular weight excluding hydrogens is 104 g/mol. The van der Waals surface area contributed by atoms with Crippen LogP contribution in [0.5, 0.6) is 0 Å². The van der Waals surface area contributed by atoms with Crippen molar-refractivity contribution in [3.8, 4) is 0 Å². The first-order valence-corrected chi connectivity index (χ1v) is 3.84. The number of thioether (sulfide) groups is 1. The first-order chi connectivity index (χ1) is 3.45. The van der Waals surface area contributed by atoms with Gasteiger partial charge in [-0.3, -0.25) is 0 Å². The monoisotopic (exact) mass is 113 g/mol. The van der Waals surface area contributed by atoms with Crippen molar-refractivity contribution in [3.63, 3.8) is 0 Å². The third-order valence-electron chi connectivity index (χ3n) is 1.77. The molecule has 2 saturated heterocycles. The van der Waals surface area contributed by atoms with Crippen LogP contribution < -0.4 is 0 Å². The number of hydrogen-bond acceptors (Lipinski definition) is 1. The lowest BCUT2D eigenvalue weighted by atomic mass is 9.98. The van der Waals surface area contributed by atoms with E-state index in [1.165, 1.54) is 25.7 Å². The third-order valence-corrected chi connectivity index (χ3v) is 3.21. The van der Waals surface area contributed by atoms with Crippen LogP contribution in [-0.4, -0.2) is 5.25 Å².